The Morgan fingerprint density at radius 2 is 1.90 bits per heavy atom. The van der Waals surface area contributed by atoms with Crippen LogP contribution in [0.25, 0.3) is 0 Å². The first-order valence-corrected chi connectivity index (χ1v) is 9.47. The Labute approximate surface area is 165 Å². The summed E-state index contributed by atoms with van der Waals surface area (Å²) in [5.41, 5.74) is -0.0816. The number of nitrogens with one attached hydrogen (secondary N) is 1. The average molecular weight is 406 g/mol. The van der Waals surface area contributed by atoms with E-state index in [0.29, 0.717) is 13.1 Å². The van der Waals surface area contributed by atoms with Gasteiger partial charge in [-0.1, -0.05) is 30.3 Å². The molecule has 0 radical (unpaired) electrons. The monoisotopic (exact) mass is 406 g/mol. The van der Waals surface area contributed by atoms with Gasteiger partial charge in [0.05, 0.1) is 6.04 Å². The van der Waals surface area contributed by atoms with Crippen molar-refractivity contribution in [2.45, 2.75) is 25.6 Å². The maximum Gasteiger partial charge on any atom is 0.433 e. The SMILES string of the molecule is C[C@H](Nc1nc(N2C[C@@H]3C(CC(=O)O)[C@@H]3C2)cc(C(F)(F)F)n1)c1ccccc1. The van der Waals surface area contributed by atoms with E-state index in [2.05, 4.69) is 15.3 Å². The molecular weight excluding hydrogens is 385 g/mol. The third-order valence-corrected chi connectivity index (χ3v) is 5.75. The van der Waals surface area contributed by atoms with Gasteiger partial charge in [-0.15, -0.1) is 0 Å². The second-order valence-corrected chi connectivity index (χ2v) is 7.70. The Morgan fingerprint density at radius 1 is 1.24 bits per heavy atom. The van der Waals surface area contributed by atoms with Gasteiger partial charge in [-0.25, -0.2) is 4.98 Å². The normalized spacial score (nSPS) is 24.1. The van der Waals surface area contributed by atoms with Crippen LogP contribution in [-0.2, 0) is 11.0 Å². The number of carbonyl (C=O) groups is 1. The van der Waals surface area contributed by atoms with Gasteiger partial charge in [-0.2, -0.15) is 18.2 Å². The number of carboxylic acids is 1. The molecule has 2 aromatic rings. The van der Waals surface area contributed by atoms with Gasteiger partial charge in [0.25, 0.3) is 0 Å². The van der Waals surface area contributed by atoms with Crippen molar-refractivity contribution in [2.75, 3.05) is 23.3 Å². The number of nitrogens with zero attached hydrogens (tertiary/aromatic N) is 3. The maximum absolute atomic E-state index is 13.4. The Morgan fingerprint density at radius 3 is 2.48 bits per heavy atom. The first-order chi connectivity index (χ1) is 13.7. The number of halogens is 3. The number of rotatable bonds is 6. The highest BCUT2D eigenvalue weighted by Crippen LogP contribution is 2.54. The van der Waals surface area contributed by atoms with Crippen LogP contribution in [0.2, 0.25) is 0 Å². The molecule has 1 aromatic carbocycles. The predicted molar refractivity (Wildman–Crippen MR) is 100 cm³/mol. The number of fused-ring (bicyclic) bond motifs is 1. The van der Waals surface area contributed by atoms with E-state index in [4.69, 9.17) is 5.11 Å². The molecule has 154 valence electrons. The minimum absolute atomic E-state index is 0.0752. The fraction of sp³-hybridized carbons (Fsp3) is 0.450. The molecule has 1 aromatic heterocycles. The van der Waals surface area contributed by atoms with Crippen LogP contribution in [0.3, 0.4) is 0 Å². The number of piperidine rings is 1. The molecule has 6 nitrogen and oxygen atoms in total. The van der Waals surface area contributed by atoms with Gasteiger partial charge in [0.2, 0.25) is 5.95 Å². The molecule has 2 aliphatic rings. The third kappa shape index (κ3) is 4.13. The third-order valence-electron chi connectivity index (χ3n) is 5.75. The molecule has 2 N–H and O–H groups in total. The Bertz CT molecular complexity index is 894. The molecule has 0 bridgehead atoms. The number of benzene rings is 1. The van der Waals surface area contributed by atoms with E-state index in [9.17, 15) is 18.0 Å². The molecule has 0 spiro atoms. The smallest absolute Gasteiger partial charge is 0.433 e. The molecule has 2 heterocycles. The number of anilines is 2. The topological polar surface area (TPSA) is 78.4 Å². The van der Waals surface area contributed by atoms with Gasteiger partial charge in [-0.3, -0.25) is 4.79 Å². The fourth-order valence-electron chi connectivity index (χ4n) is 4.17. The molecule has 1 unspecified atom stereocenters. The quantitative estimate of drug-likeness (QED) is 0.759. The van der Waals surface area contributed by atoms with E-state index in [1.54, 1.807) is 4.90 Å². The van der Waals surface area contributed by atoms with Crippen molar-refractivity contribution >= 4 is 17.7 Å². The molecule has 2 fully saturated rings. The van der Waals surface area contributed by atoms with Crippen LogP contribution in [0.15, 0.2) is 36.4 Å². The van der Waals surface area contributed by atoms with Crippen molar-refractivity contribution in [3.63, 3.8) is 0 Å². The summed E-state index contributed by atoms with van der Waals surface area (Å²) in [6.07, 6.45) is -4.47. The summed E-state index contributed by atoms with van der Waals surface area (Å²) in [5.74, 6) is -0.169. The number of aromatic nitrogens is 2. The van der Waals surface area contributed by atoms with Crippen LogP contribution >= 0.6 is 0 Å². The van der Waals surface area contributed by atoms with Crippen molar-refractivity contribution in [1.82, 2.24) is 9.97 Å². The summed E-state index contributed by atoms with van der Waals surface area (Å²) in [7, 11) is 0. The van der Waals surface area contributed by atoms with Crippen molar-refractivity contribution in [3.05, 3.63) is 47.7 Å². The van der Waals surface area contributed by atoms with Crippen molar-refractivity contribution in [3.8, 4) is 0 Å². The standard InChI is InChI=1S/C20H21F3N4O2/c1-11(12-5-3-2-4-6-12)24-19-25-16(20(21,22)23)8-17(26-19)27-9-14-13(7-18(28)29)15(14)10-27/h2-6,8,11,13-15H,7,9-10H2,1H3,(H,28,29)(H,24,25,26)/t11-,13?,14-,15+/m0/s1. The van der Waals surface area contributed by atoms with Gasteiger partial charge in [-0.05, 0) is 30.2 Å². The summed E-state index contributed by atoms with van der Waals surface area (Å²) >= 11 is 0. The fourth-order valence-corrected chi connectivity index (χ4v) is 4.17. The van der Waals surface area contributed by atoms with Crippen LogP contribution < -0.4 is 10.2 Å². The van der Waals surface area contributed by atoms with E-state index in [-0.39, 0.29) is 42.0 Å². The van der Waals surface area contributed by atoms with Gasteiger partial charge in [0.1, 0.15) is 5.82 Å². The van der Waals surface area contributed by atoms with Gasteiger partial charge in [0.15, 0.2) is 5.69 Å². The lowest BCUT2D eigenvalue weighted by Gasteiger charge is -2.23. The molecular formula is C20H21F3N4O2. The lowest BCUT2D eigenvalue weighted by atomic mass is 10.1. The highest BCUT2D eigenvalue weighted by molar-refractivity contribution is 5.68. The molecule has 4 rings (SSSR count). The molecule has 1 saturated carbocycles. The van der Waals surface area contributed by atoms with Crippen molar-refractivity contribution in [1.29, 1.82) is 0 Å². The van der Waals surface area contributed by atoms with E-state index < -0.39 is 17.8 Å². The molecule has 1 aliphatic carbocycles. The Balaban J connectivity index is 1.54. The summed E-state index contributed by atoms with van der Waals surface area (Å²) in [6, 6.07) is 10.0. The Hall–Kier alpha value is -2.84. The highest BCUT2D eigenvalue weighted by Gasteiger charge is 2.56. The summed E-state index contributed by atoms with van der Waals surface area (Å²) in [6.45, 7) is 2.87. The largest absolute Gasteiger partial charge is 0.481 e. The second kappa shape index (κ2) is 7.20. The molecule has 1 aliphatic heterocycles. The maximum atomic E-state index is 13.4. The van der Waals surface area contributed by atoms with Crippen LogP contribution in [0, 0.1) is 17.8 Å². The van der Waals surface area contributed by atoms with Crippen LogP contribution in [0.1, 0.15) is 30.6 Å². The summed E-state index contributed by atoms with van der Waals surface area (Å²) in [4.78, 5) is 20.7. The molecule has 0 amide bonds. The zero-order valence-corrected chi connectivity index (χ0v) is 15.7. The van der Waals surface area contributed by atoms with Gasteiger partial charge >= 0.3 is 12.1 Å². The van der Waals surface area contributed by atoms with E-state index in [0.717, 1.165) is 11.6 Å². The minimum atomic E-state index is -4.58. The number of alkyl halides is 3. The first kappa shape index (κ1) is 19.5. The second-order valence-electron chi connectivity index (χ2n) is 7.70. The number of carboxylic acid groups (broad SMARTS) is 1. The summed E-state index contributed by atoms with van der Waals surface area (Å²) in [5, 5.41) is 11.9. The van der Waals surface area contributed by atoms with Gasteiger partial charge in [0, 0.05) is 25.6 Å². The molecule has 29 heavy (non-hydrogen) atoms. The first-order valence-electron chi connectivity index (χ1n) is 9.47. The molecule has 4 atom stereocenters. The van der Waals surface area contributed by atoms with Crippen LogP contribution in [-0.4, -0.2) is 34.1 Å². The predicted octanol–water partition coefficient (Wildman–Crippen LogP) is 3.83. The Kier molecular flexibility index (Phi) is 4.84. The summed E-state index contributed by atoms with van der Waals surface area (Å²) < 4.78 is 40.2. The molecule has 1 saturated heterocycles. The van der Waals surface area contributed by atoms with Crippen molar-refractivity contribution < 1.29 is 23.1 Å². The minimum Gasteiger partial charge on any atom is -0.481 e. The lowest BCUT2D eigenvalue weighted by Crippen LogP contribution is -2.27. The zero-order chi connectivity index (χ0) is 20.8. The average Bonchev–Trinajstić information content (AvgIpc) is 3.10. The number of aliphatic carboxylic acids is 1. The lowest BCUT2D eigenvalue weighted by molar-refractivity contribution is -0.141. The van der Waals surface area contributed by atoms with Gasteiger partial charge < -0.3 is 15.3 Å². The molecule has 9 heteroatoms. The van der Waals surface area contributed by atoms with Crippen LogP contribution in [0.4, 0.5) is 24.9 Å². The number of hydrogen-bond acceptors (Lipinski definition) is 5. The van der Waals surface area contributed by atoms with E-state index in [1.165, 1.54) is 0 Å². The van der Waals surface area contributed by atoms with E-state index in [1.807, 2.05) is 37.3 Å². The number of hydrogen-bond donors (Lipinski definition) is 2. The highest BCUT2D eigenvalue weighted by atomic mass is 19.4. The van der Waals surface area contributed by atoms with E-state index >= 15 is 0 Å². The zero-order valence-electron chi connectivity index (χ0n) is 15.7. The van der Waals surface area contributed by atoms with Crippen molar-refractivity contribution in [2.24, 2.45) is 17.8 Å². The van der Waals surface area contributed by atoms with Crippen LogP contribution in [0.5, 0.6) is 0 Å².